The number of rotatable bonds is 7. The van der Waals surface area contributed by atoms with Crippen LogP contribution in [-0.4, -0.2) is 23.5 Å². The summed E-state index contributed by atoms with van der Waals surface area (Å²) >= 11 is 0. The summed E-state index contributed by atoms with van der Waals surface area (Å²) in [4.78, 5) is 18.8. The highest BCUT2D eigenvalue weighted by molar-refractivity contribution is 5.93. The van der Waals surface area contributed by atoms with Gasteiger partial charge < -0.3 is 10.2 Å². The van der Waals surface area contributed by atoms with E-state index >= 15 is 0 Å². The summed E-state index contributed by atoms with van der Waals surface area (Å²) in [6.45, 7) is 9.91. The van der Waals surface area contributed by atoms with Crippen LogP contribution >= 0.6 is 0 Å². The van der Waals surface area contributed by atoms with Crippen molar-refractivity contribution >= 4 is 11.6 Å². The molecule has 0 unspecified atom stereocenters. The summed E-state index contributed by atoms with van der Waals surface area (Å²) in [5, 5.41) is 2.92. The minimum atomic E-state index is -0.117. The van der Waals surface area contributed by atoms with Crippen LogP contribution in [0.15, 0.2) is 48.7 Å². The number of anilines is 1. The third-order valence-corrected chi connectivity index (χ3v) is 3.80. The molecular formula is C20H27N3O. The molecule has 0 saturated heterocycles. The summed E-state index contributed by atoms with van der Waals surface area (Å²) in [6, 6.07) is 14.5. The average molecular weight is 325 g/mol. The van der Waals surface area contributed by atoms with Gasteiger partial charge >= 0.3 is 0 Å². The number of hydrogen-bond donors (Lipinski definition) is 1. The number of hydrogen-bond acceptors (Lipinski definition) is 3. The molecule has 1 amide bonds. The molecule has 4 nitrogen and oxygen atoms in total. The van der Waals surface area contributed by atoms with E-state index in [1.165, 1.54) is 5.56 Å². The quantitative estimate of drug-likeness (QED) is 0.840. The SMILES string of the molecule is CC(C)CNC(=O)c1cc(N(Cc2ccccc2)C(C)C)ccn1. The second-order valence-corrected chi connectivity index (χ2v) is 6.71. The molecule has 1 heterocycles. The highest BCUT2D eigenvalue weighted by Gasteiger charge is 2.14. The molecule has 0 aliphatic heterocycles. The topological polar surface area (TPSA) is 45.2 Å². The molecule has 128 valence electrons. The van der Waals surface area contributed by atoms with Crippen molar-refractivity contribution in [2.24, 2.45) is 5.92 Å². The summed E-state index contributed by atoms with van der Waals surface area (Å²) in [5.41, 5.74) is 2.72. The van der Waals surface area contributed by atoms with Crippen LogP contribution in [0.4, 0.5) is 5.69 Å². The van der Waals surface area contributed by atoms with Gasteiger partial charge in [0.2, 0.25) is 0 Å². The van der Waals surface area contributed by atoms with Crippen molar-refractivity contribution in [3.8, 4) is 0 Å². The number of carbonyl (C=O) groups is 1. The first-order valence-electron chi connectivity index (χ1n) is 8.52. The first kappa shape index (κ1) is 18.0. The van der Waals surface area contributed by atoms with Gasteiger partial charge in [0.1, 0.15) is 5.69 Å². The molecule has 0 fully saturated rings. The maximum atomic E-state index is 12.3. The standard InChI is InChI=1S/C20H27N3O/c1-15(2)13-22-20(24)19-12-18(10-11-21-19)23(16(3)4)14-17-8-6-5-7-9-17/h5-12,15-16H,13-14H2,1-4H3,(H,22,24). The lowest BCUT2D eigenvalue weighted by atomic mass is 10.1. The van der Waals surface area contributed by atoms with E-state index in [2.05, 4.69) is 55.0 Å². The van der Waals surface area contributed by atoms with Crippen LogP contribution < -0.4 is 10.2 Å². The van der Waals surface area contributed by atoms with Gasteiger partial charge in [0.15, 0.2) is 0 Å². The molecule has 1 aromatic carbocycles. The summed E-state index contributed by atoms with van der Waals surface area (Å²) < 4.78 is 0. The predicted molar refractivity (Wildman–Crippen MR) is 99.2 cm³/mol. The second kappa shape index (κ2) is 8.48. The van der Waals surface area contributed by atoms with Gasteiger partial charge in [-0.25, -0.2) is 0 Å². The Balaban J connectivity index is 2.18. The van der Waals surface area contributed by atoms with Gasteiger partial charge in [-0.05, 0) is 37.5 Å². The molecule has 1 N–H and O–H groups in total. The molecule has 1 aromatic heterocycles. The van der Waals surface area contributed by atoms with E-state index < -0.39 is 0 Å². The van der Waals surface area contributed by atoms with E-state index in [4.69, 9.17) is 0 Å². The van der Waals surface area contributed by atoms with E-state index in [1.807, 2.05) is 30.3 Å². The molecule has 4 heteroatoms. The van der Waals surface area contributed by atoms with Gasteiger partial charge in [-0.1, -0.05) is 44.2 Å². The lowest BCUT2D eigenvalue weighted by Gasteiger charge is -2.29. The van der Waals surface area contributed by atoms with Crippen molar-refractivity contribution in [1.29, 1.82) is 0 Å². The Bertz CT molecular complexity index is 653. The zero-order valence-electron chi connectivity index (χ0n) is 15.0. The minimum absolute atomic E-state index is 0.117. The van der Waals surface area contributed by atoms with Crippen LogP contribution in [0.1, 0.15) is 43.7 Å². The molecular weight excluding hydrogens is 298 g/mol. The fourth-order valence-corrected chi connectivity index (χ4v) is 2.46. The molecule has 0 atom stereocenters. The van der Waals surface area contributed by atoms with Gasteiger partial charge in [0.05, 0.1) is 0 Å². The zero-order valence-corrected chi connectivity index (χ0v) is 15.0. The van der Waals surface area contributed by atoms with Crippen LogP contribution in [0.2, 0.25) is 0 Å². The third kappa shape index (κ3) is 5.08. The largest absolute Gasteiger partial charge is 0.365 e. The van der Waals surface area contributed by atoms with Gasteiger partial charge in [-0.2, -0.15) is 0 Å². The molecule has 0 bridgehead atoms. The predicted octanol–water partition coefficient (Wildman–Crippen LogP) is 3.88. The van der Waals surface area contributed by atoms with Crippen molar-refractivity contribution < 1.29 is 4.79 Å². The van der Waals surface area contributed by atoms with Crippen molar-refractivity contribution in [3.63, 3.8) is 0 Å². The number of pyridine rings is 1. The molecule has 0 aliphatic rings. The van der Waals surface area contributed by atoms with E-state index in [0.29, 0.717) is 24.2 Å². The maximum Gasteiger partial charge on any atom is 0.269 e. The van der Waals surface area contributed by atoms with Crippen molar-refractivity contribution in [1.82, 2.24) is 10.3 Å². The third-order valence-electron chi connectivity index (χ3n) is 3.80. The highest BCUT2D eigenvalue weighted by atomic mass is 16.1. The van der Waals surface area contributed by atoms with Crippen LogP contribution in [0, 0.1) is 5.92 Å². The van der Waals surface area contributed by atoms with E-state index in [-0.39, 0.29) is 5.91 Å². The highest BCUT2D eigenvalue weighted by Crippen LogP contribution is 2.20. The van der Waals surface area contributed by atoms with Gasteiger partial charge in [-0.15, -0.1) is 0 Å². The first-order valence-corrected chi connectivity index (χ1v) is 8.52. The summed E-state index contributed by atoms with van der Waals surface area (Å²) in [5.74, 6) is 0.302. The van der Waals surface area contributed by atoms with Crippen LogP contribution in [0.3, 0.4) is 0 Å². The van der Waals surface area contributed by atoms with Gasteiger partial charge in [0, 0.05) is 31.0 Å². The van der Waals surface area contributed by atoms with Crippen molar-refractivity contribution in [3.05, 3.63) is 59.9 Å². The Morgan fingerprint density at radius 3 is 2.46 bits per heavy atom. The Kier molecular flexibility index (Phi) is 6.36. The fraction of sp³-hybridized carbons (Fsp3) is 0.400. The molecule has 0 spiro atoms. The molecule has 2 aromatic rings. The van der Waals surface area contributed by atoms with Gasteiger partial charge in [-0.3, -0.25) is 9.78 Å². The second-order valence-electron chi connectivity index (χ2n) is 6.71. The van der Waals surface area contributed by atoms with Crippen LogP contribution in [-0.2, 0) is 6.54 Å². The molecule has 0 saturated carbocycles. The normalized spacial score (nSPS) is 10.9. The Labute approximate surface area is 144 Å². The Morgan fingerprint density at radius 1 is 1.12 bits per heavy atom. The molecule has 0 aliphatic carbocycles. The number of nitrogens with zero attached hydrogens (tertiary/aromatic N) is 2. The molecule has 0 radical (unpaired) electrons. The van der Waals surface area contributed by atoms with Crippen molar-refractivity contribution in [2.75, 3.05) is 11.4 Å². The Morgan fingerprint density at radius 2 is 1.83 bits per heavy atom. The van der Waals surface area contributed by atoms with Crippen LogP contribution in [0.25, 0.3) is 0 Å². The summed E-state index contributed by atoms with van der Waals surface area (Å²) in [6.07, 6.45) is 1.71. The van der Waals surface area contributed by atoms with E-state index in [9.17, 15) is 4.79 Å². The smallest absolute Gasteiger partial charge is 0.269 e. The lowest BCUT2D eigenvalue weighted by Crippen LogP contribution is -2.31. The number of carbonyl (C=O) groups excluding carboxylic acids is 1. The molecule has 24 heavy (non-hydrogen) atoms. The first-order chi connectivity index (χ1) is 11.5. The summed E-state index contributed by atoms with van der Waals surface area (Å²) in [7, 11) is 0. The molecule has 2 rings (SSSR count). The lowest BCUT2D eigenvalue weighted by molar-refractivity contribution is 0.0944. The number of aromatic nitrogens is 1. The Hall–Kier alpha value is -2.36. The number of nitrogens with one attached hydrogen (secondary N) is 1. The number of amides is 1. The van der Waals surface area contributed by atoms with E-state index in [1.54, 1.807) is 6.20 Å². The number of benzene rings is 1. The monoisotopic (exact) mass is 325 g/mol. The van der Waals surface area contributed by atoms with Crippen molar-refractivity contribution in [2.45, 2.75) is 40.3 Å². The maximum absolute atomic E-state index is 12.3. The van der Waals surface area contributed by atoms with Gasteiger partial charge in [0.25, 0.3) is 5.91 Å². The fourth-order valence-electron chi connectivity index (χ4n) is 2.46. The minimum Gasteiger partial charge on any atom is -0.365 e. The average Bonchev–Trinajstić information content (AvgIpc) is 2.58. The van der Waals surface area contributed by atoms with E-state index in [0.717, 1.165) is 12.2 Å². The van der Waals surface area contributed by atoms with Crippen LogP contribution in [0.5, 0.6) is 0 Å². The zero-order chi connectivity index (χ0) is 17.5.